The van der Waals surface area contributed by atoms with E-state index in [0.29, 0.717) is 31.0 Å². The van der Waals surface area contributed by atoms with Gasteiger partial charge in [-0.2, -0.15) is 0 Å². The Balaban J connectivity index is 1.72. The number of ether oxygens (including phenoxy) is 2. The molecule has 1 aliphatic carbocycles. The van der Waals surface area contributed by atoms with Crippen LogP contribution in [-0.4, -0.2) is 56.7 Å². The second-order valence-corrected chi connectivity index (χ2v) is 5.32. The molecule has 2 atom stereocenters. The molecule has 1 heterocycles. The summed E-state index contributed by atoms with van der Waals surface area (Å²) < 4.78 is 10.5. The van der Waals surface area contributed by atoms with Gasteiger partial charge in [0.05, 0.1) is 19.8 Å². The Labute approximate surface area is 110 Å². The van der Waals surface area contributed by atoms with Gasteiger partial charge in [0.15, 0.2) is 0 Å². The van der Waals surface area contributed by atoms with Gasteiger partial charge in [0.1, 0.15) is 5.78 Å². The highest BCUT2D eigenvalue weighted by atomic mass is 16.5. The molecule has 2 rings (SSSR count). The van der Waals surface area contributed by atoms with E-state index in [-0.39, 0.29) is 0 Å². The first-order valence-electron chi connectivity index (χ1n) is 7.16. The van der Waals surface area contributed by atoms with Gasteiger partial charge in [0, 0.05) is 32.0 Å². The highest BCUT2D eigenvalue weighted by Crippen LogP contribution is 2.32. The maximum atomic E-state index is 11.8. The number of carbonyl (C=O) groups is 1. The molecule has 0 spiro atoms. The zero-order chi connectivity index (χ0) is 12.8. The third kappa shape index (κ3) is 3.53. The number of likely N-dealkylation sites (tertiary alicyclic amines) is 1. The van der Waals surface area contributed by atoms with Crippen molar-refractivity contribution in [2.75, 3.05) is 40.0 Å². The normalized spacial score (nSPS) is 29.3. The lowest BCUT2D eigenvalue weighted by molar-refractivity contribution is -0.122. The van der Waals surface area contributed by atoms with E-state index in [9.17, 15) is 4.79 Å². The lowest BCUT2D eigenvalue weighted by Crippen LogP contribution is -2.39. The molecule has 0 N–H and O–H groups in total. The Kier molecular flexibility index (Phi) is 5.60. The zero-order valence-corrected chi connectivity index (χ0v) is 11.4. The highest BCUT2D eigenvalue weighted by molar-refractivity contribution is 5.83. The molecule has 4 heteroatoms. The van der Waals surface area contributed by atoms with Crippen LogP contribution in [-0.2, 0) is 14.3 Å². The maximum Gasteiger partial charge on any atom is 0.137 e. The van der Waals surface area contributed by atoms with Crippen molar-refractivity contribution in [3.05, 3.63) is 0 Å². The molecule has 4 nitrogen and oxygen atoms in total. The molecule has 2 unspecified atom stereocenters. The third-order valence-corrected chi connectivity index (χ3v) is 4.19. The lowest BCUT2D eigenvalue weighted by Gasteiger charge is -2.28. The van der Waals surface area contributed by atoms with Gasteiger partial charge >= 0.3 is 0 Å². The first-order valence-corrected chi connectivity index (χ1v) is 7.16. The monoisotopic (exact) mass is 255 g/mol. The van der Waals surface area contributed by atoms with Crippen molar-refractivity contribution in [2.24, 2.45) is 5.92 Å². The molecule has 0 aromatic carbocycles. The van der Waals surface area contributed by atoms with Gasteiger partial charge in [0.25, 0.3) is 0 Å². The van der Waals surface area contributed by atoms with Crippen LogP contribution >= 0.6 is 0 Å². The predicted octanol–water partition coefficient (Wildman–Crippen LogP) is 1.48. The Morgan fingerprint density at radius 2 is 2.11 bits per heavy atom. The summed E-state index contributed by atoms with van der Waals surface area (Å²) in [5.41, 5.74) is 0. The fourth-order valence-corrected chi connectivity index (χ4v) is 3.26. The van der Waals surface area contributed by atoms with Crippen LogP contribution < -0.4 is 0 Å². The minimum absolute atomic E-state index is 0.312. The van der Waals surface area contributed by atoms with Crippen molar-refractivity contribution in [1.82, 2.24) is 4.90 Å². The molecule has 1 aliphatic heterocycles. The summed E-state index contributed by atoms with van der Waals surface area (Å²) in [6.07, 6.45) is 5.42. The zero-order valence-electron chi connectivity index (χ0n) is 11.4. The van der Waals surface area contributed by atoms with Crippen molar-refractivity contribution in [2.45, 2.75) is 38.1 Å². The van der Waals surface area contributed by atoms with Gasteiger partial charge in [-0.3, -0.25) is 9.69 Å². The van der Waals surface area contributed by atoms with E-state index in [0.717, 1.165) is 39.0 Å². The van der Waals surface area contributed by atoms with Crippen LogP contribution in [0.15, 0.2) is 0 Å². The minimum atomic E-state index is 0.312. The van der Waals surface area contributed by atoms with E-state index in [4.69, 9.17) is 9.47 Å². The van der Waals surface area contributed by atoms with Crippen molar-refractivity contribution in [3.8, 4) is 0 Å². The van der Waals surface area contributed by atoms with Crippen molar-refractivity contribution < 1.29 is 14.3 Å². The average molecular weight is 255 g/mol. The topological polar surface area (TPSA) is 38.8 Å². The van der Waals surface area contributed by atoms with Crippen LogP contribution in [0.5, 0.6) is 0 Å². The molecule has 0 aromatic rings. The minimum Gasteiger partial charge on any atom is -0.382 e. The Morgan fingerprint density at radius 3 is 2.83 bits per heavy atom. The van der Waals surface area contributed by atoms with Gasteiger partial charge in [-0.05, 0) is 32.2 Å². The number of hydrogen-bond acceptors (Lipinski definition) is 4. The van der Waals surface area contributed by atoms with E-state index in [1.54, 1.807) is 7.11 Å². The number of methoxy groups -OCH3 is 1. The highest BCUT2D eigenvalue weighted by Gasteiger charge is 2.37. The van der Waals surface area contributed by atoms with Gasteiger partial charge < -0.3 is 9.47 Å². The second kappa shape index (κ2) is 7.22. The number of ketones is 1. The number of rotatable bonds is 7. The average Bonchev–Trinajstić information content (AvgIpc) is 2.97. The van der Waals surface area contributed by atoms with Gasteiger partial charge in [-0.25, -0.2) is 0 Å². The fourth-order valence-electron chi connectivity index (χ4n) is 3.26. The molecule has 18 heavy (non-hydrogen) atoms. The molecule has 2 aliphatic rings. The van der Waals surface area contributed by atoms with E-state index in [1.807, 2.05) is 0 Å². The lowest BCUT2D eigenvalue weighted by atomic mass is 9.95. The van der Waals surface area contributed by atoms with Crippen LogP contribution in [0.2, 0.25) is 0 Å². The van der Waals surface area contributed by atoms with E-state index in [1.165, 1.54) is 12.8 Å². The van der Waals surface area contributed by atoms with Crippen molar-refractivity contribution >= 4 is 5.78 Å². The molecule has 0 amide bonds. The van der Waals surface area contributed by atoms with Crippen LogP contribution in [0.3, 0.4) is 0 Å². The SMILES string of the molecule is COCCOCCN1CCCC1C1CCCC1=O. The van der Waals surface area contributed by atoms with Crippen LogP contribution in [0.1, 0.15) is 32.1 Å². The Hall–Kier alpha value is -0.450. The summed E-state index contributed by atoms with van der Waals surface area (Å²) >= 11 is 0. The molecule has 0 radical (unpaired) electrons. The number of carbonyl (C=O) groups excluding carboxylic acids is 1. The fraction of sp³-hybridized carbons (Fsp3) is 0.929. The molecule has 104 valence electrons. The van der Waals surface area contributed by atoms with Crippen LogP contribution in [0, 0.1) is 5.92 Å². The van der Waals surface area contributed by atoms with E-state index >= 15 is 0 Å². The van der Waals surface area contributed by atoms with E-state index < -0.39 is 0 Å². The van der Waals surface area contributed by atoms with Crippen molar-refractivity contribution in [1.29, 1.82) is 0 Å². The van der Waals surface area contributed by atoms with Gasteiger partial charge in [-0.15, -0.1) is 0 Å². The standard InChI is InChI=1S/C14H25NO3/c1-17-10-11-18-9-8-15-7-3-5-13(15)12-4-2-6-14(12)16/h12-13H,2-11H2,1H3. The number of hydrogen-bond donors (Lipinski definition) is 0. The summed E-state index contributed by atoms with van der Waals surface area (Å²) in [6, 6.07) is 0.492. The quantitative estimate of drug-likeness (QED) is 0.646. The molecule has 0 aromatic heterocycles. The summed E-state index contributed by atoms with van der Waals surface area (Å²) in [5, 5.41) is 0. The molecule has 1 saturated heterocycles. The van der Waals surface area contributed by atoms with Crippen molar-refractivity contribution in [3.63, 3.8) is 0 Å². The summed E-state index contributed by atoms with van der Waals surface area (Å²) in [6.45, 7) is 4.16. The summed E-state index contributed by atoms with van der Waals surface area (Å²) in [5.74, 6) is 0.804. The van der Waals surface area contributed by atoms with Gasteiger partial charge in [-0.1, -0.05) is 0 Å². The first-order chi connectivity index (χ1) is 8.83. The van der Waals surface area contributed by atoms with Crippen LogP contribution in [0.25, 0.3) is 0 Å². The summed E-state index contributed by atoms with van der Waals surface area (Å²) in [4.78, 5) is 14.3. The van der Waals surface area contributed by atoms with Crippen LogP contribution in [0.4, 0.5) is 0 Å². The Morgan fingerprint density at radius 1 is 1.22 bits per heavy atom. The number of nitrogens with zero attached hydrogens (tertiary/aromatic N) is 1. The van der Waals surface area contributed by atoms with Gasteiger partial charge in [0.2, 0.25) is 0 Å². The van der Waals surface area contributed by atoms with E-state index in [2.05, 4.69) is 4.90 Å². The predicted molar refractivity (Wildman–Crippen MR) is 69.6 cm³/mol. The molecular weight excluding hydrogens is 230 g/mol. The Bertz CT molecular complexity index is 270. The molecule has 1 saturated carbocycles. The largest absolute Gasteiger partial charge is 0.382 e. The first kappa shape index (κ1) is 14.0. The second-order valence-electron chi connectivity index (χ2n) is 5.32. The summed E-state index contributed by atoms with van der Waals surface area (Å²) in [7, 11) is 1.69. The third-order valence-electron chi connectivity index (χ3n) is 4.19. The molecular formula is C14H25NO3. The molecule has 2 fully saturated rings. The molecule has 0 bridgehead atoms. The number of Topliss-reactive ketones (excluding diaryl/α,β-unsaturated/α-hetero) is 1. The smallest absolute Gasteiger partial charge is 0.137 e. The maximum absolute atomic E-state index is 11.8.